The van der Waals surface area contributed by atoms with Crippen molar-refractivity contribution < 1.29 is 18.8 Å². The monoisotopic (exact) mass is 274 g/mol. The maximum Gasteiger partial charge on any atom is 0.338 e. The molecule has 0 radical (unpaired) electrons. The predicted octanol–water partition coefficient (Wildman–Crippen LogP) is 2.49. The highest BCUT2D eigenvalue weighted by molar-refractivity contribution is 6.02. The molecule has 1 aromatic heterocycles. The van der Waals surface area contributed by atoms with E-state index in [0.29, 0.717) is 17.9 Å². The molecule has 1 N–H and O–H groups in total. The lowest BCUT2D eigenvalue weighted by molar-refractivity contribution is 0.0505. The number of carbonyl (C=O) groups is 2. The van der Waals surface area contributed by atoms with Crippen molar-refractivity contribution in [2.75, 3.05) is 11.9 Å². The van der Waals surface area contributed by atoms with Gasteiger partial charge in [0.2, 0.25) is 5.76 Å². The maximum atomic E-state index is 11.7. The normalized spacial score (nSPS) is 10.1. The second kappa shape index (κ2) is 6.51. The molecule has 2 rings (SSSR count). The molecule has 0 aliphatic heterocycles. The van der Waals surface area contributed by atoms with Crippen LogP contribution in [0.15, 0.2) is 41.1 Å². The molecule has 1 aromatic carbocycles. The molecule has 1 heterocycles. The Bertz CT molecular complexity index is 576. The molecule has 104 valence electrons. The Labute approximate surface area is 115 Å². The third-order valence-electron chi connectivity index (χ3n) is 2.48. The van der Waals surface area contributed by atoms with Crippen LogP contribution < -0.4 is 5.32 Å². The Hall–Kier alpha value is -2.63. The van der Waals surface area contributed by atoms with Gasteiger partial charge in [-0.25, -0.2) is 4.79 Å². The summed E-state index contributed by atoms with van der Waals surface area (Å²) in [7, 11) is 0. The minimum absolute atomic E-state index is 0.122. The van der Waals surface area contributed by atoms with Crippen LogP contribution in [0.5, 0.6) is 0 Å². The van der Waals surface area contributed by atoms with Crippen molar-refractivity contribution in [1.82, 2.24) is 5.16 Å². The molecule has 1 amide bonds. The fourth-order valence-corrected chi connectivity index (χ4v) is 1.49. The van der Waals surface area contributed by atoms with E-state index < -0.39 is 5.91 Å². The molecule has 20 heavy (non-hydrogen) atoms. The summed E-state index contributed by atoms with van der Waals surface area (Å²) in [5.41, 5.74) is 0.995. The van der Waals surface area contributed by atoms with Crippen molar-refractivity contribution in [1.29, 1.82) is 0 Å². The Balaban J connectivity index is 1.98. The molecule has 6 nitrogen and oxygen atoms in total. The molecular weight excluding hydrogens is 260 g/mol. The van der Waals surface area contributed by atoms with E-state index in [1.165, 1.54) is 12.3 Å². The summed E-state index contributed by atoms with van der Waals surface area (Å²) in [5.74, 6) is -0.653. The van der Waals surface area contributed by atoms with Gasteiger partial charge in [-0.3, -0.25) is 4.79 Å². The first kappa shape index (κ1) is 13.8. The highest BCUT2D eigenvalue weighted by Gasteiger charge is 2.11. The first-order chi connectivity index (χ1) is 9.70. The predicted molar refractivity (Wildman–Crippen MR) is 71.5 cm³/mol. The number of ether oxygens (including phenoxy) is 1. The van der Waals surface area contributed by atoms with Gasteiger partial charge in [0.25, 0.3) is 5.91 Å². The van der Waals surface area contributed by atoms with Gasteiger partial charge in [-0.2, -0.15) is 0 Å². The first-order valence-electron chi connectivity index (χ1n) is 6.20. The smallest absolute Gasteiger partial charge is 0.338 e. The molecule has 0 aliphatic rings. The Morgan fingerprint density at radius 3 is 2.60 bits per heavy atom. The van der Waals surface area contributed by atoms with Crippen molar-refractivity contribution >= 4 is 17.6 Å². The maximum absolute atomic E-state index is 11.7. The zero-order valence-electron chi connectivity index (χ0n) is 11.0. The van der Waals surface area contributed by atoms with Crippen LogP contribution in [-0.4, -0.2) is 23.6 Å². The van der Waals surface area contributed by atoms with Crippen LogP contribution in [0.4, 0.5) is 5.69 Å². The SMILES string of the molecule is CCCOC(=O)c1ccc(NC(=O)c2ccno2)cc1. The van der Waals surface area contributed by atoms with E-state index in [1.54, 1.807) is 24.3 Å². The topological polar surface area (TPSA) is 81.4 Å². The summed E-state index contributed by atoms with van der Waals surface area (Å²) in [4.78, 5) is 23.3. The summed E-state index contributed by atoms with van der Waals surface area (Å²) in [6, 6.07) is 7.89. The molecule has 0 saturated heterocycles. The van der Waals surface area contributed by atoms with Gasteiger partial charge in [-0.1, -0.05) is 12.1 Å². The quantitative estimate of drug-likeness (QED) is 0.847. The standard InChI is InChI=1S/C14H14N2O4/c1-2-9-19-14(18)10-3-5-11(6-4-10)16-13(17)12-7-8-15-20-12/h3-8H,2,9H2,1H3,(H,16,17). The molecule has 0 atom stereocenters. The lowest BCUT2D eigenvalue weighted by atomic mass is 10.2. The number of carbonyl (C=O) groups excluding carboxylic acids is 2. The fraction of sp³-hybridized carbons (Fsp3) is 0.214. The second-order valence-electron chi connectivity index (χ2n) is 4.04. The number of anilines is 1. The molecule has 0 aliphatic carbocycles. The summed E-state index contributed by atoms with van der Waals surface area (Å²) in [6.45, 7) is 2.32. The zero-order valence-corrected chi connectivity index (χ0v) is 11.0. The van der Waals surface area contributed by atoms with E-state index in [9.17, 15) is 9.59 Å². The van der Waals surface area contributed by atoms with Crippen LogP contribution in [0.1, 0.15) is 34.3 Å². The fourth-order valence-electron chi connectivity index (χ4n) is 1.49. The minimum Gasteiger partial charge on any atom is -0.462 e. The van der Waals surface area contributed by atoms with E-state index in [0.717, 1.165) is 6.42 Å². The van der Waals surface area contributed by atoms with Gasteiger partial charge in [0.1, 0.15) is 0 Å². The van der Waals surface area contributed by atoms with Crippen molar-refractivity contribution in [3.05, 3.63) is 47.9 Å². The molecular formula is C14H14N2O4. The highest BCUT2D eigenvalue weighted by Crippen LogP contribution is 2.12. The van der Waals surface area contributed by atoms with Crippen LogP contribution in [0.25, 0.3) is 0 Å². The average Bonchev–Trinajstić information content (AvgIpc) is 3.00. The van der Waals surface area contributed by atoms with E-state index in [-0.39, 0.29) is 11.7 Å². The van der Waals surface area contributed by atoms with Crippen molar-refractivity contribution in [2.45, 2.75) is 13.3 Å². The van der Waals surface area contributed by atoms with Gasteiger partial charge in [0.05, 0.1) is 18.4 Å². The Morgan fingerprint density at radius 2 is 2.00 bits per heavy atom. The number of hydrogen-bond acceptors (Lipinski definition) is 5. The molecule has 0 unspecified atom stereocenters. The van der Waals surface area contributed by atoms with Gasteiger partial charge < -0.3 is 14.6 Å². The molecule has 0 bridgehead atoms. The third-order valence-corrected chi connectivity index (χ3v) is 2.48. The second-order valence-corrected chi connectivity index (χ2v) is 4.04. The number of esters is 1. The van der Waals surface area contributed by atoms with Gasteiger partial charge in [0.15, 0.2) is 0 Å². The molecule has 2 aromatic rings. The van der Waals surface area contributed by atoms with E-state index >= 15 is 0 Å². The van der Waals surface area contributed by atoms with Crippen LogP contribution in [0.2, 0.25) is 0 Å². The number of aromatic nitrogens is 1. The molecule has 0 spiro atoms. The number of nitrogens with one attached hydrogen (secondary N) is 1. The summed E-state index contributed by atoms with van der Waals surface area (Å²) < 4.78 is 9.75. The number of benzene rings is 1. The zero-order chi connectivity index (χ0) is 14.4. The lowest BCUT2D eigenvalue weighted by Gasteiger charge is -2.05. The van der Waals surface area contributed by atoms with Crippen LogP contribution >= 0.6 is 0 Å². The summed E-state index contributed by atoms with van der Waals surface area (Å²) in [5, 5.41) is 6.08. The van der Waals surface area contributed by atoms with Crippen molar-refractivity contribution in [2.24, 2.45) is 0 Å². The highest BCUT2D eigenvalue weighted by atomic mass is 16.5. The van der Waals surface area contributed by atoms with Crippen LogP contribution in [0, 0.1) is 0 Å². The van der Waals surface area contributed by atoms with Gasteiger partial charge >= 0.3 is 5.97 Å². The van der Waals surface area contributed by atoms with E-state index in [1.807, 2.05) is 6.92 Å². The van der Waals surface area contributed by atoms with Gasteiger partial charge in [0, 0.05) is 11.8 Å². The number of amides is 1. The Morgan fingerprint density at radius 1 is 1.25 bits per heavy atom. The average molecular weight is 274 g/mol. The van der Waals surface area contributed by atoms with Gasteiger partial charge in [-0.15, -0.1) is 0 Å². The van der Waals surface area contributed by atoms with Crippen LogP contribution in [0.3, 0.4) is 0 Å². The number of rotatable bonds is 5. The summed E-state index contributed by atoms with van der Waals surface area (Å²) in [6.07, 6.45) is 2.17. The molecule has 6 heteroatoms. The number of nitrogens with zero attached hydrogens (tertiary/aromatic N) is 1. The first-order valence-corrected chi connectivity index (χ1v) is 6.20. The van der Waals surface area contributed by atoms with Crippen LogP contribution in [-0.2, 0) is 4.74 Å². The van der Waals surface area contributed by atoms with Crippen molar-refractivity contribution in [3.63, 3.8) is 0 Å². The van der Waals surface area contributed by atoms with Crippen molar-refractivity contribution in [3.8, 4) is 0 Å². The van der Waals surface area contributed by atoms with Gasteiger partial charge in [-0.05, 0) is 30.7 Å². The third kappa shape index (κ3) is 3.44. The van der Waals surface area contributed by atoms with E-state index in [4.69, 9.17) is 9.26 Å². The minimum atomic E-state index is -0.399. The lowest BCUT2D eigenvalue weighted by Crippen LogP contribution is -2.11. The Kier molecular flexibility index (Phi) is 4.49. The molecule has 0 fully saturated rings. The van der Waals surface area contributed by atoms with E-state index in [2.05, 4.69) is 10.5 Å². The summed E-state index contributed by atoms with van der Waals surface area (Å²) >= 11 is 0. The number of hydrogen-bond donors (Lipinski definition) is 1. The molecule has 0 saturated carbocycles. The largest absolute Gasteiger partial charge is 0.462 e.